The van der Waals surface area contributed by atoms with E-state index in [9.17, 15) is 4.39 Å². The molecule has 8 heteroatoms. The number of hydrogen-bond acceptors (Lipinski definition) is 4. The number of nitrogens with one attached hydrogen (secondary N) is 4. The number of benzene rings is 3. The van der Waals surface area contributed by atoms with Crippen LogP contribution in [0.4, 0.5) is 10.1 Å². The number of aromatic nitrogens is 2. The molecule has 0 saturated heterocycles. The van der Waals surface area contributed by atoms with E-state index in [0.29, 0.717) is 5.11 Å². The van der Waals surface area contributed by atoms with Crippen molar-refractivity contribution in [1.29, 1.82) is 0 Å². The fraction of sp³-hybridized carbons (Fsp3) is 0.130. The number of hydrazine groups is 1. The van der Waals surface area contributed by atoms with E-state index < -0.39 is 0 Å². The zero-order valence-corrected chi connectivity index (χ0v) is 18.7. The summed E-state index contributed by atoms with van der Waals surface area (Å²) < 4.78 is 13.1. The predicted octanol–water partition coefficient (Wildman–Crippen LogP) is 5.71. The lowest BCUT2D eigenvalue weighted by Gasteiger charge is -2.15. The quantitative estimate of drug-likeness (QED) is 0.222. The highest BCUT2D eigenvalue weighted by Gasteiger charge is 2.12. The van der Waals surface area contributed by atoms with Crippen LogP contribution in [0.15, 0.2) is 76.5 Å². The predicted molar refractivity (Wildman–Crippen MR) is 129 cm³/mol. The van der Waals surface area contributed by atoms with Gasteiger partial charge in [0.05, 0.1) is 17.1 Å². The number of aryl methyl sites for hydroxylation is 1. The third-order valence-corrected chi connectivity index (χ3v) is 5.84. The van der Waals surface area contributed by atoms with Gasteiger partial charge in [-0.3, -0.25) is 5.43 Å². The molecule has 1 atom stereocenters. The molecule has 31 heavy (non-hydrogen) atoms. The Labute approximate surface area is 189 Å². The van der Waals surface area contributed by atoms with Crippen molar-refractivity contribution in [1.82, 2.24) is 20.8 Å². The van der Waals surface area contributed by atoms with Crippen molar-refractivity contribution in [3.63, 3.8) is 0 Å². The SMILES string of the molecule is Cc1ccc(NC(=S)NNC(C)c2nc3ccc(Sc4ccc(F)cc4)cc3[nH]2)cc1. The fourth-order valence-electron chi connectivity index (χ4n) is 2.96. The van der Waals surface area contributed by atoms with Gasteiger partial charge >= 0.3 is 0 Å². The van der Waals surface area contributed by atoms with E-state index in [0.717, 1.165) is 32.3 Å². The Morgan fingerprint density at radius 1 is 1.03 bits per heavy atom. The van der Waals surface area contributed by atoms with E-state index in [-0.39, 0.29) is 11.9 Å². The normalized spacial score (nSPS) is 12.0. The zero-order valence-electron chi connectivity index (χ0n) is 17.1. The summed E-state index contributed by atoms with van der Waals surface area (Å²) in [6, 6.07) is 20.4. The van der Waals surface area contributed by atoms with E-state index in [1.807, 2.05) is 56.3 Å². The number of anilines is 1. The molecule has 0 aliphatic carbocycles. The molecular formula is C23H22FN5S2. The van der Waals surface area contributed by atoms with Gasteiger partial charge in [-0.2, -0.15) is 0 Å². The molecule has 0 fully saturated rings. The Bertz CT molecular complexity index is 1190. The summed E-state index contributed by atoms with van der Waals surface area (Å²) in [5, 5.41) is 3.61. The average Bonchev–Trinajstić information content (AvgIpc) is 3.19. The molecule has 1 unspecified atom stereocenters. The Hall–Kier alpha value is -2.94. The standard InChI is InChI=1S/C23H22FN5S2/c1-14-3-7-17(8-4-14)25-23(30)29-28-15(2)22-26-20-12-11-19(13-21(20)27-22)31-18-9-5-16(24)6-10-18/h3-13,15,28H,1-2H3,(H,26,27)(H2,25,29,30). The van der Waals surface area contributed by atoms with Gasteiger partial charge in [-0.05, 0) is 80.7 Å². The van der Waals surface area contributed by atoms with Crippen molar-refractivity contribution in [3.8, 4) is 0 Å². The van der Waals surface area contributed by atoms with Crippen molar-refractivity contribution < 1.29 is 4.39 Å². The molecule has 4 N–H and O–H groups in total. The van der Waals surface area contributed by atoms with Crippen molar-refractivity contribution in [2.45, 2.75) is 29.7 Å². The Balaban J connectivity index is 1.37. The lowest BCUT2D eigenvalue weighted by atomic mass is 10.2. The van der Waals surface area contributed by atoms with Crippen LogP contribution in [-0.2, 0) is 0 Å². The van der Waals surface area contributed by atoms with Gasteiger partial charge in [0.2, 0.25) is 0 Å². The highest BCUT2D eigenvalue weighted by Crippen LogP contribution is 2.30. The second-order valence-corrected chi connectivity index (χ2v) is 8.72. The lowest BCUT2D eigenvalue weighted by Crippen LogP contribution is -2.41. The summed E-state index contributed by atoms with van der Waals surface area (Å²) in [6.45, 7) is 4.04. The third-order valence-electron chi connectivity index (χ3n) is 4.64. The molecule has 1 aromatic heterocycles. The minimum atomic E-state index is -0.235. The first-order valence-electron chi connectivity index (χ1n) is 9.78. The number of nitrogens with zero attached hydrogens (tertiary/aromatic N) is 1. The number of thiocarbonyl (C=S) groups is 1. The summed E-state index contributed by atoms with van der Waals surface area (Å²) in [5.41, 5.74) is 10.1. The molecule has 4 rings (SSSR count). The molecule has 0 bridgehead atoms. The van der Waals surface area contributed by atoms with E-state index in [4.69, 9.17) is 12.2 Å². The van der Waals surface area contributed by atoms with E-state index >= 15 is 0 Å². The second-order valence-electron chi connectivity index (χ2n) is 7.17. The number of imidazole rings is 1. The van der Waals surface area contributed by atoms with Gasteiger partial charge < -0.3 is 10.3 Å². The van der Waals surface area contributed by atoms with Crippen LogP contribution >= 0.6 is 24.0 Å². The minimum Gasteiger partial charge on any atom is -0.341 e. The van der Waals surface area contributed by atoms with Gasteiger partial charge in [0.1, 0.15) is 11.6 Å². The van der Waals surface area contributed by atoms with Crippen LogP contribution in [0.5, 0.6) is 0 Å². The van der Waals surface area contributed by atoms with Gasteiger partial charge in [-0.25, -0.2) is 14.8 Å². The van der Waals surface area contributed by atoms with Crippen LogP contribution in [0.1, 0.15) is 24.4 Å². The van der Waals surface area contributed by atoms with Crippen molar-refractivity contribution in [2.24, 2.45) is 0 Å². The van der Waals surface area contributed by atoms with Crippen molar-refractivity contribution >= 4 is 45.8 Å². The number of halogens is 1. The molecule has 3 aromatic carbocycles. The molecule has 0 saturated carbocycles. The Morgan fingerprint density at radius 2 is 1.74 bits per heavy atom. The summed E-state index contributed by atoms with van der Waals surface area (Å²) in [4.78, 5) is 10.1. The van der Waals surface area contributed by atoms with Crippen LogP contribution in [0.25, 0.3) is 11.0 Å². The average molecular weight is 452 g/mol. The van der Waals surface area contributed by atoms with Crippen LogP contribution in [0.3, 0.4) is 0 Å². The van der Waals surface area contributed by atoms with Crippen molar-refractivity contribution in [2.75, 3.05) is 5.32 Å². The van der Waals surface area contributed by atoms with Gasteiger partial charge in [0.15, 0.2) is 5.11 Å². The first-order chi connectivity index (χ1) is 15.0. The molecule has 0 radical (unpaired) electrons. The summed E-state index contributed by atoms with van der Waals surface area (Å²) in [5.74, 6) is 0.561. The molecule has 158 valence electrons. The summed E-state index contributed by atoms with van der Waals surface area (Å²) in [7, 11) is 0. The molecule has 5 nitrogen and oxygen atoms in total. The maximum absolute atomic E-state index is 13.1. The molecule has 0 amide bonds. The number of rotatable bonds is 6. The molecule has 4 aromatic rings. The smallest absolute Gasteiger partial charge is 0.185 e. The largest absolute Gasteiger partial charge is 0.341 e. The van der Waals surface area contributed by atoms with Gasteiger partial charge in [-0.15, -0.1) is 0 Å². The molecule has 0 aliphatic rings. The van der Waals surface area contributed by atoms with Crippen LogP contribution in [-0.4, -0.2) is 15.1 Å². The first-order valence-corrected chi connectivity index (χ1v) is 11.0. The van der Waals surface area contributed by atoms with Gasteiger partial charge in [0, 0.05) is 15.5 Å². The molecule has 1 heterocycles. The number of H-pyrrole nitrogens is 1. The third kappa shape index (κ3) is 5.61. The maximum atomic E-state index is 13.1. The molecule has 0 spiro atoms. The highest BCUT2D eigenvalue weighted by molar-refractivity contribution is 7.99. The topological polar surface area (TPSA) is 64.8 Å². The van der Waals surface area contributed by atoms with Crippen LogP contribution in [0, 0.1) is 12.7 Å². The minimum absolute atomic E-state index is 0.0987. The van der Waals surface area contributed by atoms with Crippen LogP contribution < -0.4 is 16.2 Å². The Morgan fingerprint density at radius 3 is 2.48 bits per heavy atom. The monoisotopic (exact) mass is 451 g/mol. The summed E-state index contributed by atoms with van der Waals surface area (Å²) in [6.07, 6.45) is 0. The Kier molecular flexibility index (Phi) is 6.50. The van der Waals surface area contributed by atoms with Crippen molar-refractivity contribution in [3.05, 3.63) is 83.9 Å². The van der Waals surface area contributed by atoms with Gasteiger partial charge in [0.25, 0.3) is 0 Å². The number of hydrogen-bond donors (Lipinski definition) is 4. The first kappa shape index (κ1) is 21.3. The molecule has 0 aliphatic heterocycles. The summed E-state index contributed by atoms with van der Waals surface area (Å²) >= 11 is 6.92. The molecular weight excluding hydrogens is 429 g/mol. The second kappa shape index (κ2) is 9.47. The van der Waals surface area contributed by atoms with E-state index in [2.05, 4.69) is 26.1 Å². The number of aromatic amines is 1. The van der Waals surface area contributed by atoms with Gasteiger partial charge in [-0.1, -0.05) is 29.5 Å². The van der Waals surface area contributed by atoms with Crippen LogP contribution in [0.2, 0.25) is 0 Å². The fourth-order valence-corrected chi connectivity index (χ4v) is 3.99. The zero-order chi connectivity index (χ0) is 21.8. The number of fused-ring (bicyclic) bond motifs is 1. The highest BCUT2D eigenvalue weighted by atomic mass is 32.2. The maximum Gasteiger partial charge on any atom is 0.185 e. The van der Waals surface area contributed by atoms with E-state index in [1.165, 1.54) is 17.7 Å². The van der Waals surface area contributed by atoms with E-state index in [1.54, 1.807) is 23.9 Å². The lowest BCUT2D eigenvalue weighted by molar-refractivity contribution is 0.527.